The third-order valence-corrected chi connectivity index (χ3v) is 4.92. The molecule has 0 bridgehead atoms. The number of hydrogen-bond donors (Lipinski definition) is 3. The zero-order chi connectivity index (χ0) is 26.2. The predicted octanol–water partition coefficient (Wildman–Crippen LogP) is 2.97. The molecule has 0 heterocycles. The van der Waals surface area contributed by atoms with Crippen LogP contribution in [0.2, 0.25) is 0 Å². The maximum atomic E-state index is 13.4. The first kappa shape index (κ1) is 27.4. The maximum Gasteiger partial charge on any atom is 0.408 e. The second-order valence-electron chi connectivity index (χ2n) is 9.25. The van der Waals surface area contributed by atoms with Crippen LogP contribution in [0.1, 0.15) is 49.1 Å². The predicted molar refractivity (Wildman–Crippen MR) is 133 cm³/mol. The maximum absolute atomic E-state index is 13.4. The van der Waals surface area contributed by atoms with Crippen LogP contribution in [-0.2, 0) is 20.9 Å². The number of rotatable bonds is 8. The number of alkyl carbamates (subject to hydrolysis) is 1. The lowest BCUT2D eigenvalue weighted by Crippen LogP contribution is -2.53. The summed E-state index contributed by atoms with van der Waals surface area (Å²) in [6, 6.07) is 14.5. The van der Waals surface area contributed by atoms with Crippen molar-refractivity contribution in [2.45, 2.75) is 58.8 Å². The highest BCUT2D eigenvalue weighted by Gasteiger charge is 2.35. The smallest absolute Gasteiger partial charge is 0.408 e. The van der Waals surface area contributed by atoms with Crippen LogP contribution in [-0.4, -0.2) is 46.2 Å². The van der Waals surface area contributed by atoms with E-state index in [1.165, 1.54) is 0 Å². The van der Waals surface area contributed by atoms with Gasteiger partial charge in [0.25, 0.3) is 5.91 Å². The quantitative estimate of drug-likeness (QED) is 0.399. The van der Waals surface area contributed by atoms with Crippen molar-refractivity contribution in [1.29, 1.82) is 0 Å². The molecule has 2 aromatic rings. The number of aliphatic hydroxyl groups is 1. The van der Waals surface area contributed by atoms with Gasteiger partial charge in [0.15, 0.2) is 0 Å². The molecular weight excluding hydrogens is 446 g/mol. The summed E-state index contributed by atoms with van der Waals surface area (Å²) in [4.78, 5) is 39.8. The van der Waals surface area contributed by atoms with Gasteiger partial charge in [0.1, 0.15) is 17.7 Å². The Morgan fingerprint density at radius 1 is 1.09 bits per heavy atom. The van der Waals surface area contributed by atoms with Crippen molar-refractivity contribution in [3.63, 3.8) is 0 Å². The summed E-state index contributed by atoms with van der Waals surface area (Å²) in [7, 11) is 0. The molecule has 0 aliphatic heterocycles. The molecule has 3 amide bonds. The van der Waals surface area contributed by atoms with Crippen molar-refractivity contribution in [2.75, 3.05) is 6.61 Å². The van der Waals surface area contributed by atoms with Crippen LogP contribution in [0.3, 0.4) is 0 Å². The normalized spacial score (nSPS) is 12.6. The lowest BCUT2D eigenvalue weighted by molar-refractivity contribution is -0.139. The van der Waals surface area contributed by atoms with Crippen molar-refractivity contribution in [1.82, 2.24) is 15.5 Å². The SMILES string of the molecule is C#CN(C(=O)C(CO)NC(=O)OC(C)(C)C)C(C(=O)NCc1ccccc1)c1cc(C)cc(C)c1. The van der Waals surface area contributed by atoms with E-state index in [2.05, 4.69) is 16.7 Å². The van der Waals surface area contributed by atoms with Gasteiger partial charge in [-0.1, -0.05) is 66.1 Å². The molecule has 2 aromatic carbocycles. The number of ether oxygens (including phenoxy) is 1. The summed E-state index contributed by atoms with van der Waals surface area (Å²) in [5.41, 5.74) is 2.34. The zero-order valence-corrected chi connectivity index (χ0v) is 20.8. The lowest BCUT2D eigenvalue weighted by atomic mass is 9.99. The molecule has 186 valence electrons. The average molecular weight is 480 g/mol. The van der Waals surface area contributed by atoms with Crippen LogP contribution in [0.25, 0.3) is 0 Å². The molecule has 0 aromatic heterocycles. The van der Waals surface area contributed by atoms with Crippen molar-refractivity contribution < 1.29 is 24.2 Å². The van der Waals surface area contributed by atoms with Gasteiger partial charge in [-0.2, -0.15) is 0 Å². The Bertz CT molecular complexity index is 1070. The molecule has 0 fully saturated rings. The van der Waals surface area contributed by atoms with Gasteiger partial charge in [-0.25, -0.2) is 4.79 Å². The van der Waals surface area contributed by atoms with Crippen LogP contribution in [0.4, 0.5) is 4.79 Å². The molecule has 0 aliphatic rings. The molecule has 8 nitrogen and oxygen atoms in total. The summed E-state index contributed by atoms with van der Waals surface area (Å²) in [6.45, 7) is 8.25. The number of terminal acetylenes is 1. The molecular formula is C27H33N3O5. The minimum Gasteiger partial charge on any atom is -0.444 e. The first-order valence-corrected chi connectivity index (χ1v) is 11.2. The minimum atomic E-state index is -1.41. The van der Waals surface area contributed by atoms with Crippen molar-refractivity contribution in [3.8, 4) is 12.5 Å². The van der Waals surface area contributed by atoms with E-state index in [4.69, 9.17) is 11.2 Å². The molecule has 0 aliphatic carbocycles. The number of benzene rings is 2. The lowest BCUT2D eigenvalue weighted by Gasteiger charge is -2.30. The van der Waals surface area contributed by atoms with Gasteiger partial charge in [-0.3, -0.25) is 14.5 Å². The highest BCUT2D eigenvalue weighted by Crippen LogP contribution is 2.24. The van der Waals surface area contributed by atoms with Crippen LogP contribution in [0, 0.1) is 26.3 Å². The Morgan fingerprint density at radius 3 is 2.20 bits per heavy atom. The number of carbonyl (C=O) groups excluding carboxylic acids is 3. The molecule has 2 rings (SSSR count). The minimum absolute atomic E-state index is 0.229. The Hall–Kier alpha value is -3.83. The Kier molecular flexibility index (Phi) is 9.43. The molecule has 2 atom stereocenters. The number of aryl methyl sites for hydroxylation is 2. The number of amides is 3. The van der Waals surface area contributed by atoms with Crippen LogP contribution in [0.15, 0.2) is 48.5 Å². The number of carbonyl (C=O) groups is 3. The fourth-order valence-corrected chi connectivity index (χ4v) is 3.54. The van der Waals surface area contributed by atoms with Gasteiger partial charge in [0.2, 0.25) is 5.91 Å². The van der Waals surface area contributed by atoms with Crippen LogP contribution in [0.5, 0.6) is 0 Å². The van der Waals surface area contributed by atoms with Gasteiger partial charge in [-0.05, 0) is 45.7 Å². The van der Waals surface area contributed by atoms with E-state index in [9.17, 15) is 19.5 Å². The highest BCUT2D eigenvalue weighted by molar-refractivity contribution is 5.93. The first-order valence-electron chi connectivity index (χ1n) is 11.2. The van der Waals surface area contributed by atoms with E-state index >= 15 is 0 Å². The van der Waals surface area contributed by atoms with Crippen LogP contribution >= 0.6 is 0 Å². The molecule has 3 N–H and O–H groups in total. The van der Waals surface area contributed by atoms with Crippen molar-refractivity contribution in [2.24, 2.45) is 0 Å². The zero-order valence-electron chi connectivity index (χ0n) is 20.8. The second-order valence-corrected chi connectivity index (χ2v) is 9.25. The molecule has 0 spiro atoms. The van der Waals surface area contributed by atoms with Gasteiger partial charge in [0, 0.05) is 12.6 Å². The standard InChI is InChI=1S/C27H33N3O5/c1-7-30(25(33)22(17-31)29-26(34)35-27(4,5)6)23(21-14-18(2)13-19(3)15-21)24(32)28-16-20-11-9-8-10-12-20/h1,8-15,22-23,31H,16-17H2,2-6H3,(H,28,32)(H,29,34). The monoisotopic (exact) mass is 479 g/mol. The fourth-order valence-electron chi connectivity index (χ4n) is 3.54. The number of aliphatic hydroxyl groups excluding tert-OH is 1. The number of hydrogen-bond acceptors (Lipinski definition) is 5. The number of nitrogens with one attached hydrogen (secondary N) is 2. The third kappa shape index (κ3) is 8.16. The third-order valence-electron chi connectivity index (χ3n) is 4.92. The van der Waals surface area contributed by atoms with E-state index in [0.29, 0.717) is 5.56 Å². The van der Waals surface area contributed by atoms with E-state index in [0.717, 1.165) is 21.6 Å². The van der Waals surface area contributed by atoms with Crippen LogP contribution < -0.4 is 10.6 Å². The second kappa shape index (κ2) is 12.0. The van der Waals surface area contributed by atoms with Gasteiger partial charge < -0.3 is 20.5 Å². The molecule has 0 radical (unpaired) electrons. The number of nitrogens with zero attached hydrogens (tertiary/aromatic N) is 1. The molecule has 2 unspecified atom stereocenters. The summed E-state index contributed by atoms with van der Waals surface area (Å²) in [5.74, 6) is -1.32. The Labute approximate surface area is 206 Å². The van der Waals surface area contributed by atoms with E-state index in [1.54, 1.807) is 32.9 Å². The van der Waals surface area contributed by atoms with Crippen molar-refractivity contribution in [3.05, 3.63) is 70.8 Å². The Balaban J connectivity index is 2.37. The van der Waals surface area contributed by atoms with E-state index < -0.39 is 42.2 Å². The van der Waals surface area contributed by atoms with E-state index in [-0.39, 0.29) is 6.54 Å². The molecule has 35 heavy (non-hydrogen) atoms. The van der Waals surface area contributed by atoms with Gasteiger partial charge in [-0.15, -0.1) is 0 Å². The summed E-state index contributed by atoms with van der Waals surface area (Å²) in [5, 5.41) is 15.0. The fraction of sp³-hybridized carbons (Fsp3) is 0.370. The van der Waals surface area contributed by atoms with E-state index in [1.807, 2.05) is 50.2 Å². The summed E-state index contributed by atoms with van der Waals surface area (Å²) >= 11 is 0. The topological polar surface area (TPSA) is 108 Å². The van der Waals surface area contributed by atoms with Crippen molar-refractivity contribution >= 4 is 17.9 Å². The summed E-state index contributed by atoms with van der Waals surface area (Å²) < 4.78 is 5.18. The molecule has 0 saturated carbocycles. The molecule has 8 heteroatoms. The molecule has 0 saturated heterocycles. The van der Waals surface area contributed by atoms with Gasteiger partial charge in [0.05, 0.1) is 6.61 Å². The average Bonchev–Trinajstić information content (AvgIpc) is 2.77. The first-order chi connectivity index (χ1) is 16.4. The largest absolute Gasteiger partial charge is 0.444 e. The highest BCUT2D eigenvalue weighted by atomic mass is 16.6. The summed E-state index contributed by atoms with van der Waals surface area (Å²) in [6.07, 6.45) is 4.82. The Morgan fingerprint density at radius 2 is 1.69 bits per heavy atom. The van der Waals surface area contributed by atoms with Gasteiger partial charge >= 0.3 is 6.09 Å².